The van der Waals surface area contributed by atoms with Crippen LogP contribution in [-0.2, 0) is 5.41 Å². The summed E-state index contributed by atoms with van der Waals surface area (Å²) >= 11 is 24.6. The molecule has 3 heteroatoms. The first-order valence-corrected chi connectivity index (χ1v) is 24.6. The molecule has 32 rings (SSSR count). The van der Waals surface area contributed by atoms with Crippen molar-refractivity contribution in [1.29, 1.82) is 0 Å². The highest BCUT2D eigenvalue weighted by atomic mass is 35.6. The third-order valence-corrected chi connectivity index (χ3v) is 24.5. The molecule has 4 aliphatic rings. The van der Waals surface area contributed by atoms with Crippen LogP contribution in [0.25, 0.3) is 291 Å². The van der Waals surface area contributed by atoms with Crippen molar-refractivity contribution in [3.05, 3.63) is 22.3 Å². The molecule has 0 amide bonds. The third kappa shape index (κ3) is 1.20. The molecule has 2 atom stereocenters. The molecule has 0 nitrogen and oxygen atoms in total. The Balaban J connectivity index is 1.30. The number of rotatable bonds is 0. The summed E-state index contributed by atoms with van der Waals surface area (Å²) in [5.74, 6) is -0.0643. The largest absolute Gasteiger partial charge is 0.205 e. The lowest BCUT2D eigenvalue weighted by Crippen LogP contribution is -2.46. The van der Waals surface area contributed by atoms with Crippen molar-refractivity contribution in [2.45, 2.75) is 15.1 Å². The van der Waals surface area contributed by atoms with E-state index in [1.807, 2.05) is 0 Å². The summed E-state index contributed by atoms with van der Waals surface area (Å²) in [7, 11) is 0. The van der Waals surface area contributed by atoms with Crippen LogP contribution < -0.4 is 0 Å². The Kier molecular flexibility index (Phi) is 1.93. The fraction of sp³-hybridized carbons (Fsp3) is 0.0492. The molecule has 0 bridgehead atoms. The topological polar surface area (TPSA) is 0 Å². The third-order valence-electron chi connectivity index (χ3n) is 23.6. The van der Waals surface area contributed by atoms with Gasteiger partial charge in [0.05, 0.1) is 5.41 Å². The van der Waals surface area contributed by atoms with Crippen molar-refractivity contribution in [3.63, 3.8) is 0 Å². The highest BCUT2D eigenvalue weighted by Crippen LogP contribution is 2.85. The van der Waals surface area contributed by atoms with Gasteiger partial charge in [-0.25, -0.2) is 0 Å². The highest BCUT2D eigenvalue weighted by molar-refractivity contribution is 6.83. The minimum atomic E-state index is -1.61. The average Bonchev–Trinajstić information content (AvgIpc) is 4.12. The standard InChI is InChI=1S/C61HCl3/c62-61(63,64)60-57-53-47-33-25-17-5-2-1-3-6(5)18-20-16-10(3)12-8-4(1)7-11-9(2)15-19(17)31(33)39-37-23(15)21(11)29-27-13(7)14(8)28-30-22(12)24(16)38-40-32(20)34(26(18)25)48(47)54(57)50(40)52-44(38)42(30)46-36(28)35(27)45-41(29)43(37)51(49(39)53)58(60)55(45)56(46)59(52)60/h58H. The lowest BCUT2D eigenvalue weighted by Gasteiger charge is -2.48. The van der Waals surface area contributed by atoms with E-state index >= 15 is 0 Å². The monoisotopic (exact) mass is 838 g/mol. The van der Waals surface area contributed by atoms with Gasteiger partial charge in [0.25, 0.3) is 0 Å². The normalized spacial score (nSPS) is 21.9. The molecule has 2 unspecified atom stereocenters. The summed E-state index contributed by atoms with van der Waals surface area (Å²) in [5, 5.41) is 84.9. The average molecular weight is 840 g/mol. The van der Waals surface area contributed by atoms with Crippen molar-refractivity contribution >= 4 is 326 Å². The zero-order valence-corrected chi connectivity index (χ0v) is 34.0. The van der Waals surface area contributed by atoms with Crippen LogP contribution in [-0.4, -0.2) is 3.79 Å². The summed E-state index contributed by atoms with van der Waals surface area (Å²) in [6.07, 6.45) is 0. The van der Waals surface area contributed by atoms with E-state index < -0.39 is 9.21 Å². The maximum Gasteiger partial charge on any atom is 0.205 e. The number of benzene rings is 17. The van der Waals surface area contributed by atoms with Gasteiger partial charge in [0.1, 0.15) is 0 Å². The van der Waals surface area contributed by atoms with Crippen molar-refractivity contribution in [2.24, 2.45) is 0 Å². The molecule has 0 fully saturated rings. The number of halogens is 3. The number of hydrogen-bond donors (Lipinski definition) is 0. The minimum absolute atomic E-state index is 0.0643. The van der Waals surface area contributed by atoms with Gasteiger partial charge in [-0.2, -0.15) is 0 Å². The Bertz CT molecular complexity index is 7060. The van der Waals surface area contributed by atoms with E-state index in [1.165, 1.54) is 70.7 Å². The SMILES string of the molecule is ClC(Cl)(Cl)C12c3c4c5c6c7c8c(c9c%10c1c1c%11c3c3c%12c4c4c6c6c7c7c%13c8c9c8c9c%10c1c1c%10c%11c3c3c%11c%12c4c4c6c6c7c7c%13c8c8c9c1c1c%10c3c3c%11c4c6c4c7c8c1c34)C52. The van der Waals surface area contributed by atoms with E-state index in [4.69, 9.17) is 34.8 Å². The summed E-state index contributed by atoms with van der Waals surface area (Å²) < 4.78 is -1.61. The fourth-order valence-electron chi connectivity index (χ4n) is 23.6. The van der Waals surface area contributed by atoms with Crippen molar-refractivity contribution in [2.75, 3.05) is 0 Å². The minimum Gasteiger partial charge on any atom is -0.0822 e. The van der Waals surface area contributed by atoms with E-state index in [9.17, 15) is 0 Å². The molecular formula is C61HCl3. The molecule has 0 radical (unpaired) electrons. The molecule has 0 aliphatic heterocycles. The molecule has 4 aliphatic carbocycles. The number of hydrogen-bond acceptors (Lipinski definition) is 0. The van der Waals surface area contributed by atoms with E-state index in [1.54, 1.807) is 242 Å². The van der Waals surface area contributed by atoms with Gasteiger partial charge in [-0.05, 0) is 313 Å². The zero-order valence-electron chi connectivity index (χ0n) is 31.7. The molecule has 0 saturated carbocycles. The van der Waals surface area contributed by atoms with E-state index in [-0.39, 0.29) is 5.92 Å². The zero-order chi connectivity index (χ0) is 38.1. The first-order chi connectivity index (χ1) is 31.6. The summed E-state index contributed by atoms with van der Waals surface area (Å²) in [4.78, 5) is 0. The Morgan fingerprint density at radius 2 is 0.328 bits per heavy atom. The van der Waals surface area contributed by atoms with Gasteiger partial charge in [-0.15, -0.1) is 0 Å². The molecule has 28 aromatic rings. The maximum absolute atomic E-state index is 8.21. The van der Waals surface area contributed by atoms with Gasteiger partial charge in [-0.1, -0.05) is 34.8 Å². The van der Waals surface area contributed by atoms with Crippen LogP contribution in [0.2, 0.25) is 0 Å². The van der Waals surface area contributed by atoms with Gasteiger partial charge < -0.3 is 0 Å². The lowest BCUT2D eigenvalue weighted by molar-refractivity contribution is 0.495. The van der Waals surface area contributed by atoms with Crippen molar-refractivity contribution in [1.82, 2.24) is 0 Å². The maximum atomic E-state index is 8.21. The van der Waals surface area contributed by atoms with E-state index in [0.717, 1.165) is 0 Å². The molecule has 0 N–H and O–H groups in total. The van der Waals surface area contributed by atoms with Crippen molar-refractivity contribution in [3.8, 4) is 0 Å². The Morgan fingerprint density at radius 3 is 0.594 bits per heavy atom. The van der Waals surface area contributed by atoms with E-state index in [0.29, 0.717) is 0 Å². The van der Waals surface area contributed by atoms with Crippen LogP contribution in [0.3, 0.4) is 0 Å². The Labute approximate surface area is 360 Å². The van der Waals surface area contributed by atoms with Gasteiger partial charge in [0, 0.05) is 5.92 Å². The Morgan fingerprint density at radius 1 is 0.188 bits per heavy atom. The first-order valence-electron chi connectivity index (χ1n) is 23.4. The molecule has 0 spiro atoms. The van der Waals surface area contributed by atoms with Gasteiger partial charge in [-0.3, -0.25) is 0 Å². The predicted octanol–water partition coefficient (Wildman–Crippen LogP) is 18.5. The van der Waals surface area contributed by atoms with Crippen LogP contribution in [0.5, 0.6) is 0 Å². The van der Waals surface area contributed by atoms with Crippen molar-refractivity contribution < 1.29 is 0 Å². The fourth-order valence-corrected chi connectivity index (χ4v) is 24.5. The quantitative estimate of drug-likeness (QED) is 0.105. The summed E-state index contributed by atoms with van der Waals surface area (Å²) in [6.45, 7) is 0. The van der Waals surface area contributed by atoms with Gasteiger partial charge in [0.15, 0.2) is 0 Å². The molecule has 266 valence electrons. The first kappa shape index (κ1) is 23.9. The second-order valence-corrected chi connectivity index (χ2v) is 25.8. The molecule has 28 aromatic carbocycles. The van der Waals surface area contributed by atoms with Crippen LogP contribution in [0.15, 0.2) is 0 Å². The van der Waals surface area contributed by atoms with Gasteiger partial charge >= 0.3 is 0 Å². The highest BCUT2D eigenvalue weighted by Gasteiger charge is 2.69. The Hall–Kier alpha value is -6.67. The smallest absolute Gasteiger partial charge is 0.0822 e. The lowest BCUT2D eigenvalue weighted by atomic mass is 9.59. The van der Waals surface area contributed by atoms with Crippen LogP contribution in [0.4, 0.5) is 0 Å². The number of alkyl halides is 3. The summed E-state index contributed by atoms with van der Waals surface area (Å²) in [5.41, 5.74) is 4.99. The molecule has 64 heavy (non-hydrogen) atoms. The van der Waals surface area contributed by atoms with Gasteiger partial charge in [0.2, 0.25) is 3.79 Å². The molecule has 0 aromatic heterocycles. The molecule has 0 heterocycles. The summed E-state index contributed by atoms with van der Waals surface area (Å²) in [6, 6.07) is 0. The second-order valence-electron chi connectivity index (χ2n) is 23.6. The second kappa shape index (κ2) is 5.19. The molecule has 0 saturated heterocycles. The van der Waals surface area contributed by atoms with Crippen LogP contribution in [0, 0.1) is 0 Å². The van der Waals surface area contributed by atoms with Crippen LogP contribution >= 0.6 is 34.8 Å². The predicted molar refractivity (Wildman–Crippen MR) is 275 cm³/mol. The molecular weight excluding hydrogens is 839 g/mol. The van der Waals surface area contributed by atoms with Crippen LogP contribution in [0.1, 0.15) is 28.2 Å². The van der Waals surface area contributed by atoms with E-state index in [2.05, 4.69) is 0 Å².